The first-order valence-electron chi connectivity index (χ1n) is 7.84. The number of esters is 1. The van der Waals surface area contributed by atoms with E-state index in [2.05, 4.69) is 9.97 Å². The zero-order chi connectivity index (χ0) is 17.8. The molecule has 0 N–H and O–H groups in total. The number of hydrogen-bond donors (Lipinski definition) is 0. The zero-order valence-corrected chi connectivity index (χ0v) is 14.8. The molecule has 0 saturated heterocycles. The predicted octanol–water partition coefficient (Wildman–Crippen LogP) is 4.33. The summed E-state index contributed by atoms with van der Waals surface area (Å²) in [5.41, 5.74) is 3.54. The van der Waals surface area contributed by atoms with Crippen LogP contribution in [-0.4, -0.2) is 28.3 Å². The van der Waals surface area contributed by atoms with E-state index < -0.39 is 5.97 Å². The van der Waals surface area contributed by atoms with E-state index in [4.69, 9.17) is 4.74 Å². The summed E-state index contributed by atoms with van der Waals surface area (Å²) in [5, 5.41) is 0. The topological polar surface area (TPSA) is 52.1 Å². The highest BCUT2D eigenvalue weighted by atomic mass is 32.2. The van der Waals surface area contributed by atoms with Crippen LogP contribution in [0.4, 0.5) is 4.39 Å². The van der Waals surface area contributed by atoms with Crippen molar-refractivity contribution in [3.8, 4) is 0 Å². The molecule has 1 aromatic heterocycles. The van der Waals surface area contributed by atoms with E-state index in [1.54, 1.807) is 36.4 Å². The summed E-state index contributed by atoms with van der Waals surface area (Å²) in [4.78, 5) is 21.6. The lowest BCUT2D eigenvalue weighted by atomic mass is 10.2. The van der Waals surface area contributed by atoms with Crippen molar-refractivity contribution in [3.63, 3.8) is 0 Å². The van der Waals surface area contributed by atoms with Crippen molar-refractivity contribution in [2.75, 3.05) is 12.4 Å². The van der Waals surface area contributed by atoms with Gasteiger partial charge in [0.2, 0.25) is 0 Å². The van der Waals surface area contributed by atoms with Crippen molar-refractivity contribution in [2.45, 2.75) is 18.7 Å². The molecule has 3 aromatic rings. The molecular weight excluding hydrogens is 339 g/mol. The fraction of sp³-hybridized carbons (Fsp3) is 0.211. The van der Waals surface area contributed by atoms with Crippen LogP contribution in [0.15, 0.2) is 47.4 Å². The molecule has 0 fully saturated rings. The Balaban J connectivity index is 1.60. The van der Waals surface area contributed by atoms with Crippen molar-refractivity contribution >= 4 is 28.8 Å². The Hall–Kier alpha value is -2.47. The van der Waals surface area contributed by atoms with E-state index in [-0.39, 0.29) is 12.4 Å². The fourth-order valence-electron chi connectivity index (χ4n) is 2.29. The lowest BCUT2D eigenvalue weighted by Crippen LogP contribution is -2.08. The minimum Gasteiger partial charge on any atom is -0.461 e. The van der Waals surface area contributed by atoms with Crippen LogP contribution < -0.4 is 0 Å². The summed E-state index contributed by atoms with van der Waals surface area (Å²) in [6.45, 7) is 3.98. The number of ether oxygens (including phenoxy) is 1. The Kier molecular flexibility index (Phi) is 5.28. The number of benzene rings is 2. The molecule has 25 heavy (non-hydrogen) atoms. The van der Waals surface area contributed by atoms with E-state index in [0.717, 1.165) is 16.9 Å². The second-order valence-electron chi connectivity index (χ2n) is 5.51. The van der Waals surface area contributed by atoms with Crippen LogP contribution in [-0.2, 0) is 4.74 Å². The van der Waals surface area contributed by atoms with Crippen LogP contribution in [0.3, 0.4) is 0 Å². The standard InChI is InChI=1S/C19H17FN2O2S/c1-12-13(2)22-17-11-14(7-8-16(17)21-12)19(23)24-9-10-25-18-6-4-3-5-15(18)20/h3-8,11H,9-10H2,1-2H3. The zero-order valence-electron chi connectivity index (χ0n) is 14.0. The van der Waals surface area contributed by atoms with Crippen molar-refractivity contribution in [3.05, 3.63) is 65.2 Å². The normalized spacial score (nSPS) is 10.8. The smallest absolute Gasteiger partial charge is 0.338 e. The molecule has 0 aliphatic rings. The lowest BCUT2D eigenvalue weighted by molar-refractivity contribution is 0.0530. The number of rotatable bonds is 5. The quantitative estimate of drug-likeness (QED) is 0.387. The molecule has 0 saturated carbocycles. The van der Waals surface area contributed by atoms with Crippen molar-refractivity contribution < 1.29 is 13.9 Å². The Bertz CT molecular complexity index is 930. The molecule has 6 heteroatoms. The van der Waals surface area contributed by atoms with E-state index in [1.807, 2.05) is 13.8 Å². The van der Waals surface area contributed by atoms with E-state index in [9.17, 15) is 9.18 Å². The van der Waals surface area contributed by atoms with Crippen LogP contribution in [0.1, 0.15) is 21.7 Å². The van der Waals surface area contributed by atoms with Gasteiger partial charge in [-0.15, -0.1) is 11.8 Å². The maximum Gasteiger partial charge on any atom is 0.338 e. The summed E-state index contributed by atoms with van der Waals surface area (Å²) < 4.78 is 18.8. The molecule has 0 aliphatic heterocycles. The number of halogens is 1. The molecule has 128 valence electrons. The highest BCUT2D eigenvalue weighted by Gasteiger charge is 2.10. The Morgan fingerprint density at radius 2 is 1.80 bits per heavy atom. The molecule has 0 atom stereocenters. The van der Waals surface area contributed by atoms with Gasteiger partial charge in [0.05, 0.1) is 28.0 Å². The molecular formula is C19H17FN2O2S. The van der Waals surface area contributed by atoms with E-state index in [0.29, 0.717) is 21.7 Å². The van der Waals surface area contributed by atoms with Crippen LogP contribution in [0.25, 0.3) is 11.0 Å². The van der Waals surface area contributed by atoms with Gasteiger partial charge >= 0.3 is 5.97 Å². The number of aryl methyl sites for hydroxylation is 2. The second kappa shape index (κ2) is 7.61. The molecule has 3 rings (SSSR count). The number of carbonyl (C=O) groups is 1. The van der Waals surface area contributed by atoms with Gasteiger partial charge in [0.1, 0.15) is 12.4 Å². The third kappa shape index (κ3) is 4.14. The predicted molar refractivity (Wildman–Crippen MR) is 96.4 cm³/mol. The van der Waals surface area contributed by atoms with Gasteiger partial charge in [-0.1, -0.05) is 12.1 Å². The van der Waals surface area contributed by atoms with Crippen molar-refractivity contribution in [1.82, 2.24) is 9.97 Å². The van der Waals surface area contributed by atoms with Gasteiger partial charge in [-0.2, -0.15) is 0 Å². The third-order valence-electron chi connectivity index (χ3n) is 3.72. The average Bonchev–Trinajstić information content (AvgIpc) is 2.60. The van der Waals surface area contributed by atoms with Gasteiger partial charge in [0, 0.05) is 10.6 Å². The first kappa shape index (κ1) is 17.4. The molecule has 0 aliphatic carbocycles. The summed E-state index contributed by atoms with van der Waals surface area (Å²) in [6.07, 6.45) is 0. The summed E-state index contributed by atoms with van der Waals surface area (Å²) >= 11 is 1.32. The number of hydrogen-bond acceptors (Lipinski definition) is 5. The van der Waals surface area contributed by atoms with E-state index >= 15 is 0 Å². The first-order valence-corrected chi connectivity index (χ1v) is 8.82. The van der Waals surface area contributed by atoms with Gasteiger partial charge in [-0.05, 0) is 44.2 Å². The Labute approximate surface area is 149 Å². The molecule has 0 bridgehead atoms. The highest BCUT2D eigenvalue weighted by molar-refractivity contribution is 7.99. The van der Waals surface area contributed by atoms with Gasteiger partial charge in [0.15, 0.2) is 0 Å². The molecule has 2 aromatic carbocycles. The Morgan fingerprint density at radius 1 is 1.08 bits per heavy atom. The maximum absolute atomic E-state index is 13.5. The highest BCUT2D eigenvalue weighted by Crippen LogP contribution is 2.21. The van der Waals surface area contributed by atoms with Crippen LogP contribution >= 0.6 is 11.8 Å². The molecule has 0 spiro atoms. The summed E-state index contributed by atoms with van der Waals surface area (Å²) in [5.74, 6) is -0.202. The van der Waals surface area contributed by atoms with Crippen LogP contribution in [0, 0.1) is 19.7 Å². The lowest BCUT2D eigenvalue weighted by Gasteiger charge is -2.07. The van der Waals surface area contributed by atoms with Crippen molar-refractivity contribution in [1.29, 1.82) is 0 Å². The number of aromatic nitrogens is 2. The third-order valence-corrected chi connectivity index (χ3v) is 4.73. The fourth-order valence-corrected chi connectivity index (χ4v) is 3.06. The van der Waals surface area contributed by atoms with Gasteiger partial charge < -0.3 is 4.74 Å². The van der Waals surface area contributed by atoms with Crippen LogP contribution in [0.5, 0.6) is 0 Å². The SMILES string of the molecule is Cc1nc2ccc(C(=O)OCCSc3ccccc3F)cc2nc1C. The number of thioether (sulfide) groups is 1. The Morgan fingerprint density at radius 3 is 2.56 bits per heavy atom. The second-order valence-corrected chi connectivity index (χ2v) is 6.65. The molecule has 0 amide bonds. The molecule has 1 heterocycles. The summed E-state index contributed by atoms with van der Waals surface area (Å²) in [7, 11) is 0. The molecule has 0 radical (unpaired) electrons. The molecule has 0 unspecified atom stereocenters. The number of fused-ring (bicyclic) bond motifs is 1. The maximum atomic E-state index is 13.5. The number of carbonyl (C=O) groups excluding carboxylic acids is 1. The molecule has 4 nitrogen and oxygen atoms in total. The number of nitrogens with zero attached hydrogens (tertiary/aromatic N) is 2. The van der Waals surface area contributed by atoms with Gasteiger partial charge in [-0.3, -0.25) is 0 Å². The first-order chi connectivity index (χ1) is 12.0. The average molecular weight is 356 g/mol. The summed E-state index contributed by atoms with van der Waals surface area (Å²) in [6, 6.07) is 11.7. The minimum atomic E-state index is -0.420. The van der Waals surface area contributed by atoms with Crippen LogP contribution in [0.2, 0.25) is 0 Å². The van der Waals surface area contributed by atoms with Crippen molar-refractivity contribution in [2.24, 2.45) is 0 Å². The minimum absolute atomic E-state index is 0.203. The largest absolute Gasteiger partial charge is 0.461 e. The monoisotopic (exact) mass is 356 g/mol. The van der Waals surface area contributed by atoms with Gasteiger partial charge in [0.25, 0.3) is 0 Å². The van der Waals surface area contributed by atoms with E-state index in [1.165, 1.54) is 17.8 Å². The van der Waals surface area contributed by atoms with Gasteiger partial charge in [-0.25, -0.2) is 19.2 Å².